The lowest BCUT2D eigenvalue weighted by molar-refractivity contribution is -0.138. The summed E-state index contributed by atoms with van der Waals surface area (Å²) in [7, 11) is 3.13. The summed E-state index contributed by atoms with van der Waals surface area (Å²) in [4.78, 5) is 38.3. The SMILES string of the molecule is CCCN(Cc1ccc(OCCn2c(=O)ccn(C)c2=O)c(OC)c1)C(CC(=O)O)c1ccc2c(c1)CCO2. The van der Waals surface area contributed by atoms with Gasteiger partial charge in [-0.2, -0.15) is 0 Å². The zero-order valence-corrected chi connectivity index (χ0v) is 22.6. The Morgan fingerprint density at radius 1 is 1.15 bits per heavy atom. The van der Waals surface area contributed by atoms with Crippen LogP contribution in [0.3, 0.4) is 0 Å². The highest BCUT2D eigenvalue weighted by Crippen LogP contribution is 2.34. The number of aryl methyl sites for hydroxylation is 1. The van der Waals surface area contributed by atoms with Crippen LogP contribution in [0.4, 0.5) is 0 Å². The van der Waals surface area contributed by atoms with E-state index in [1.165, 1.54) is 16.8 Å². The Labute approximate surface area is 227 Å². The molecular weight excluding hydrogens is 502 g/mol. The van der Waals surface area contributed by atoms with Gasteiger partial charge in [0, 0.05) is 38.3 Å². The van der Waals surface area contributed by atoms with E-state index in [0.29, 0.717) is 31.2 Å². The number of aliphatic carboxylic acids is 1. The number of hydrogen-bond acceptors (Lipinski definition) is 7. The molecule has 0 spiro atoms. The van der Waals surface area contributed by atoms with Gasteiger partial charge >= 0.3 is 11.7 Å². The Hall–Kier alpha value is -4.05. The summed E-state index contributed by atoms with van der Waals surface area (Å²) in [6.07, 6.45) is 3.10. The van der Waals surface area contributed by atoms with E-state index in [0.717, 1.165) is 39.8 Å². The number of carbonyl (C=O) groups is 1. The number of carboxylic acids is 1. The highest BCUT2D eigenvalue weighted by Gasteiger charge is 2.25. The minimum absolute atomic E-state index is 0.0176. The monoisotopic (exact) mass is 537 g/mol. The van der Waals surface area contributed by atoms with E-state index in [-0.39, 0.29) is 31.2 Å². The van der Waals surface area contributed by atoms with Crippen LogP contribution in [0.2, 0.25) is 0 Å². The molecule has 0 fully saturated rings. The molecule has 3 aromatic rings. The summed E-state index contributed by atoms with van der Waals surface area (Å²) < 4.78 is 19.5. The average Bonchev–Trinajstić information content (AvgIpc) is 3.39. The van der Waals surface area contributed by atoms with Gasteiger partial charge in [0.2, 0.25) is 0 Å². The van der Waals surface area contributed by atoms with E-state index in [4.69, 9.17) is 14.2 Å². The van der Waals surface area contributed by atoms with Gasteiger partial charge in [-0.25, -0.2) is 4.79 Å². The van der Waals surface area contributed by atoms with Gasteiger partial charge in [0.05, 0.1) is 26.7 Å². The number of ether oxygens (including phenoxy) is 3. The highest BCUT2D eigenvalue weighted by atomic mass is 16.5. The van der Waals surface area contributed by atoms with Crippen LogP contribution in [0.25, 0.3) is 0 Å². The fraction of sp³-hybridized carbons (Fsp3) is 0.414. The Morgan fingerprint density at radius 3 is 2.72 bits per heavy atom. The van der Waals surface area contributed by atoms with Gasteiger partial charge in [-0.3, -0.25) is 19.1 Å². The second-order valence-electron chi connectivity index (χ2n) is 9.58. The van der Waals surface area contributed by atoms with Crippen LogP contribution in [0.1, 0.15) is 42.5 Å². The largest absolute Gasteiger partial charge is 0.493 e. The first-order valence-corrected chi connectivity index (χ1v) is 13.1. The molecule has 0 radical (unpaired) electrons. The molecule has 10 heteroatoms. The first-order valence-electron chi connectivity index (χ1n) is 13.1. The van der Waals surface area contributed by atoms with Gasteiger partial charge in [-0.05, 0) is 47.9 Å². The summed E-state index contributed by atoms with van der Waals surface area (Å²) in [6, 6.07) is 12.6. The number of carboxylic acid groups (broad SMARTS) is 1. The number of hydrogen-bond donors (Lipinski definition) is 1. The van der Waals surface area contributed by atoms with E-state index >= 15 is 0 Å². The normalized spacial score (nSPS) is 13.1. The van der Waals surface area contributed by atoms with Crippen molar-refractivity contribution in [3.8, 4) is 17.2 Å². The standard InChI is InChI=1S/C29H35N3O7/c1-4-11-31(23(18-28(34)35)21-6-8-24-22(17-21)10-14-38-24)19-20-5-7-25(26(16-20)37-3)39-15-13-32-27(33)9-12-30(2)29(32)36/h5-9,12,16-17,23H,4,10-11,13-15,18-19H2,1-3H3,(H,34,35). The summed E-state index contributed by atoms with van der Waals surface area (Å²) in [5.74, 6) is 1.02. The summed E-state index contributed by atoms with van der Waals surface area (Å²) >= 11 is 0. The van der Waals surface area contributed by atoms with Crippen molar-refractivity contribution in [1.82, 2.24) is 14.0 Å². The molecule has 0 aliphatic carbocycles. The smallest absolute Gasteiger partial charge is 0.330 e. The van der Waals surface area contributed by atoms with E-state index in [1.807, 2.05) is 24.3 Å². The number of fused-ring (bicyclic) bond motifs is 1. The quantitative estimate of drug-likeness (QED) is 0.354. The Morgan fingerprint density at radius 2 is 1.97 bits per heavy atom. The van der Waals surface area contributed by atoms with Gasteiger partial charge < -0.3 is 23.9 Å². The third kappa shape index (κ3) is 6.69. The van der Waals surface area contributed by atoms with Gasteiger partial charge in [-0.15, -0.1) is 0 Å². The molecule has 4 rings (SSSR count). The number of methoxy groups -OCH3 is 1. The van der Waals surface area contributed by atoms with Gasteiger partial charge in [0.1, 0.15) is 12.4 Å². The Bertz CT molecular complexity index is 1430. The second-order valence-corrected chi connectivity index (χ2v) is 9.58. The molecule has 2 aromatic carbocycles. The van der Waals surface area contributed by atoms with Crippen molar-refractivity contribution in [1.29, 1.82) is 0 Å². The molecule has 0 saturated carbocycles. The third-order valence-electron chi connectivity index (χ3n) is 6.84. The average molecular weight is 538 g/mol. The first kappa shape index (κ1) is 28.0. The molecular formula is C29H35N3O7. The highest BCUT2D eigenvalue weighted by molar-refractivity contribution is 5.68. The fourth-order valence-corrected chi connectivity index (χ4v) is 4.90. The summed E-state index contributed by atoms with van der Waals surface area (Å²) in [5.41, 5.74) is 2.23. The van der Waals surface area contributed by atoms with E-state index in [1.54, 1.807) is 20.2 Å². The molecule has 1 N–H and O–H groups in total. The van der Waals surface area contributed by atoms with Crippen molar-refractivity contribution in [2.45, 2.75) is 45.3 Å². The van der Waals surface area contributed by atoms with E-state index in [2.05, 4.69) is 17.9 Å². The third-order valence-corrected chi connectivity index (χ3v) is 6.84. The lowest BCUT2D eigenvalue weighted by Crippen LogP contribution is -2.39. The minimum Gasteiger partial charge on any atom is -0.493 e. The molecule has 39 heavy (non-hydrogen) atoms. The topological polar surface area (TPSA) is 112 Å². The Kier molecular flexibility index (Phi) is 9.08. The zero-order valence-electron chi connectivity index (χ0n) is 22.6. The predicted molar refractivity (Wildman–Crippen MR) is 146 cm³/mol. The lowest BCUT2D eigenvalue weighted by Gasteiger charge is -2.31. The van der Waals surface area contributed by atoms with Crippen molar-refractivity contribution in [3.63, 3.8) is 0 Å². The molecule has 1 aliphatic rings. The van der Waals surface area contributed by atoms with Gasteiger partial charge in [0.15, 0.2) is 11.5 Å². The zero-order chi connectivity index (χ0) is 27.9. The number of rotatable bonds is 13. The lowest BCUT2D eigenvalue weighted by atomic mass is 9.97. The minimum atomic E-state index is -0.855. The molecule has 0 saturated heterocycles. The maximum Gasteiger partial charge on any atom is 0.330 e. The number of benzene rings is 2. The van der Waals surface area contributed by atoms with Crippen molar-refractivity contribution in [2.24, 2.45) is 7.05 Å². The molecule has 1 aliphatic heterocycles. The second kappa shape index (κ2) is 12.7. The van der Waals surface area contributed by atoms with Crippen LogP contribution >= 0.6 is 0 Å². The maximum atomic E-state index is 12.2. The molecule has 10 nitrogen and oxygen atoms in total. The van der Waals surface area contributed by atoms with Crippen molar-refractivity contribution in [3.05, 3.63) is 86.2 Å². The number of nitrogens with zero attached hydrogens (tertiary/aromatic N) is 3. The summed E-state index contributed by atoms with van der Waals surface area (Å²) in [5, 5.41) is 9.72. The van der Waals surface area contributed by atoms with E-state index < -0.39 is 11.7 Å². The molecule has 1 aromatic heterocycles. The van der Waals surface area contributed by atoms with Crippen LogP contribution in [-0.4, -0.2) is 52.0 Å². The van der Waals surface area contributed by atoms with Crippen LogP contribution < -0.4 is 25.5 Å². The molecule has 0 amide bonds. The maximum absolute atomic E-state index is 12.2. The summed E-state index contributed by atoms with van der Waals surface area (Å²) in [6.45, 7) is 4.17. The Balaban J connectivity index is 1.51. The van der Waals surface area contributed by atoms with Crippen LogP contribution in [-0.2, 0) is 31.4 Å². The molecule has 1 atom stereocenters. The van der Waals surface area contributed by atoms with Crippen molar-refractivity contribution < 1.29 is 24.1 Å². The van der Waals surface area contributed by atoms with Crippen LogP contribution in [0, 0.1) is 0 Å². The van der Waals surface area contributed by atoms with Gasteiger partial charge in [0.25, 0.3) is 5.56 Å². The molecule has 2 heterocycles. The predicted octanol–water partition coefficient (Wildman–Crippen LogP) is 3.00. The molecule has 1 unspecified atom stereocenters. The fourth-order valence-electron chi connectivity index (χ4n) is 4.90. The van der Waals surface area contributed by atoms with Gasteiger partial charge in [-0.1, -0.05) is 25.1 Å². The van der Waals surface area contributed by atoms with Crippen LogP contribution in [0.5, 0.6) is 17.2 Å². The van der Waals surface area contributed by atoms with Crippen molar-refractivity contribution in [2.75, 3.05) is 26.9 Å². The van der Waals surface area contributed by atoms with Crippen LogP contribution in [0.15, 0.2) is 58.3 Å². The molecule has 208 valence electrons. The molecule has 0 bridgehead atoms. The number of aromatic nitrogens is 2. The van der Waals surface area contributed by atoms with E-state index in [9.17, 15) is 19.5 Å². The van der Waals surface area contributed by atoms with Crippen molar-refractivity contribution >= 4 is 5.97 Å². The first-order chi connectivity index (χ1) is 18.8.